The first kappa shape index (κ1) is 13.0. The van der Waals surface area contributed by atoms with E-state index in [0.29, 0.717) is 23.9 Å². The molecule has 4 N–H and O–H groups in total. The van der Waals surface area contributed by atoms with Gasteiger partial charge in [0.1, 0.15) is 11.5 Å². The Morgan fingerprint density at radius 3 is 2.75 bits per heavy atom. The third-order valence-electron chi connectivity index (χ3n) is 1.98. The highest BCUT2D eigenvalue weighted by atomic mass is 35.5. The summed E-state index contributed by atoms with van der Waals surface area (Å²) in [5, 5.41) is 12.4. The summed E-state index contributed by atoms with van der Waals surface area (Å²) in [6.07, 6.45) is 1.22. The molecule has 0 aromatic carbocycles. The van der Waals surface area contributed by atoms with Gasteiger partial charge < -0.3 is 16.2 Å². The number of nitrogens with one attached hydrogen (secondary N) is 1. The molecule has 1 rings (SSSR count). The number of nitrogen functional groups attached to an aromatic ring is 1. The van der Waals surface area contributed by atoms with Gasteiger partial charge in [0, 0.05) is 13.0 Å². The molecule has 16 heavy (non-hydrogen) atoms. The lowest BCUT2D eigenvalue weighted by atomic mass is 10.3. The van der Waals surface area contributed by atoms with Crippen LogP contribution in [0.1, 0.15) is 26.1 Å². The minimum absolute atomic E-state index is 0.256. The number of halogens is 1. The van der Waals surface area contributed by atoms with Crippen LogP contribution in [0.15, 0.2) is 0 Å². The summed E-state index contributed by atoms with van der Waals surface area (Å²) in [5.74, 6) is 1.15. The third kappa shape index (κ3) is 3.50. The van der Waals surface area contributed by atoms with Crippen LogP contribution in [0.5, 0.6) is 0 Å². The fourth-order valence-corrected chi connectivity index (χ4v) is 1.39. The number of aryl methyl sites for hydroxylation is 1. The molecule has 0 aliphatic carbocycles. The number of aromatic nitrogens is 2. The van der Waals surface area contributed by atoms with Gasteiger partial charge in [0.05, 0.1) is 6.10 Å². The summed E-state index contributed by atoms with van der Waals surface area (Å²) in [5.41, 5.74) is 6.05. The molecule has 1 heterocycles. The van der Waals surface area contributed by atoms with Crippen molar-refractivity contribution in [2.75, 3.05) is 17.6 Å². The van der Waals surface area contributed by atoms with Crippen molar-refractivity contribution in [2.45, 2.75) is 32.8 Å². The normalized spacial score (nSPS) is 12.5. The first-order valence-electron chi connectivity index (χ1n) is 5.28. The lowest BCUT2D eigenvalue weighted by Gasteiger charge is -2.11. The number of hydrogen-bond donors (Lipinski definition) is 3. The van der Waals surface area contributed by atoms with Gasteiger partial charge >= 0.3 is 0 Å². The molecule has 0 saturated heterocycles. The summed E-state index contributed by atoms with van der Waals surface area (Å²) in [6, 6.07) is 0. The average Bonchev–Trinajstić information content (AvgIpc) is 2.21. The highest BCUT2D eigenvalue weighted by Crippen LogP contribution is 2.23. The second-order valence-electron chi connectivity index (χ2n) is 3.67. The van der Waals surface area contributed by atoms with Crippen molar-refractivity contribution >= 4 is 23.1 Å². The van der Waals surface area contributed by atoms with E-state index in [9.17, 15) is 0 Å². The highest BCUT2D eigenvalue weighted by molar-refractivity contribution is 6.32. The quantitative estimate of drug-likeness (QED) is 0.683. The number of anilines is 2. The monoisotopic (exact) mass is 244 g/mol. The van der Waals surface area contributed by atoms with Crippen LogP contribution in [0.2, 0.25) is 5.15 Å². The number of rotatable bonds is 5. The lowest BCUT2D eigenvalue weighted by molar-refractivity contribution is 0.208. The van der Waals surface area contributed by atoms with Crippen molar-refractivity contribution in [1.29, 1.82) is 0 Å². The summed E-state index contributed by atoms with van der Waals surface area (Å²) in [4.78, 5) is 8.33. The van der Waals surface area contributed by atoms with Crippen molar-refractivity contribution in [3.8, 4) is 0 Å². The fraction of sp³-hybridized carbons (Fsp3) is 0.600. The Morgan fingerprint density at radius 1 is 1.50 bits per heavy atom. The van der Waals surface area contributed by atoms with E-state index in [4.69, 9.17) is 22.4 Å². The van der Waals surface area contributed by atoms with Gasteiger partial charge in [0.15, 0.2) is 11.0 Å². The van der Waals surface area contributed by atoms with Crippen LogP contribution in [0.25, 0.3) is 0 Å². The van der Waals surface area contributed by atoms with Crippen molar-refractivity contribution < 1.29 is 5.11 Å². The molecule has 0 amide bonds. The molecular formula is C10H17ClN4O. The van der Waals surface area contributed by atoms with Crippen LogP contribution in [0, 0.1) is 0 Å². The number of nitrogens with zero attached hydrogens (tertiary/aromatic N) is 2. The maximum absolute atomic E-state index is 9.17. The summed E-state index contributed by atoms with van der Waals surface area (Å²) < 4.78 is 0. The minimum atomic E-state index is -0.470. The Balaban J connectivity index is 2.88. The number of nitrogens with two attached hydrogens (primary N) is 1. The van der Waals surface area contributed by atoms with E-state index in [1.165, 1.54) is 0 Å². The molecule has 0 radical (unpaired) electrons. The van der Waals surface area contributed by atoms with Crippen LogP contribution >= 0.6 is 11.6 Å². The standard InChI is InChI=1S/C10H17ClN4O/c1-3-4-7-14-9(11)8(12)10(15-7)13-5-6(2)16/h6,16H,3-5,12H2,1-2H3,(H,13,14,15). The van der Waals surface area contributed by atoms with E-state index in [-0.39, 0.29) is 5.15 Å². The van der Waals surface area contributed by atoms with E-state index in [2.05, 4.69) is 15.3 Å². The van der Waals surface area contributed by atoms with E-state index >= 15 is 0 Å². The first-order valence-corrected chi connectivity index (χ1v) is 5.66. The molecule has 0 bridgehead atoms. The van der Waals surface area contributed by atoms with Crippen LogP contribution in [0.3, 0.4) is 0 Å². The maximum atomic E-state index is 9.17. The zero-order valence-corrected chi connectivity index (χ0v) is 10.3. The van der Waals surface area contributed by atoms with Gasteiger partial charge in [-0.3, -0.25) is 0 Å². The van der Waals surface area contributed by atoms with Gasteiger partial charge in [-0.2, -0.15) is 0 Å². The minimum Gasteiger partial charge on any atom is -0.393 e. The SMILES string of the molecule is CCCc1nc(Cl)c(N)c(NCC(C)O)n1. The molecule has 0 aliphatic rings. The Bertz CT molecular complexity index is 357. The summed E-state index contributed by atoms with van der Waals surface area (Å²) >= 11 is 5.89. The maximum Gasteiger partial charge on any atom is 0.157 e. The van der Waals surface area contributed by atoms with Crippen LogP contribution in [-0.4, -0.2) is 27.7 Å². The lowest BCUT2D eigenvalue weighted by Crippen LogP contribution is -2.18. The second kappa shape index (κ2) is 5.86. The predicted octanol–water partition coefficient (Wildman–Crippen LogP) is 1.46. The zero-order valence-electron chi connectivity index (χ0n) is 9.50. The van der Waals surface area contributed by atoms with Crippen LogP contribution in [0.4, 0.5) is 11.5 Å². The Hall–Kier alpha value is -1.07. The number of aliphatic hydroxyl groups excluding tert-OH is 1. The molecule has 0 spiro atoms. The second-order valence-corrected chi connectivity index (χ2v) is 4.03. The van der Waals surface area contributed by atoms with Gasteiger partial charge in [-0.15, -0.1) is 0 Å². The largest absolute Gasteiger partial charge is 0.393 e. The zero-order chi connectivity index (χ0) is 12.1. The Kier molecular flexibility index (Phi) is 4.76. The van der Waals surface area contributed by atoms with Crippen molar-refractivity contribution in [3.63, 3.8) is 0 Å². The third-order valence-corrected chi connectivity index (χ3v) is 2.27. The van der Waals surface area contributed by atoms with Crippen LogP contribution in [-0.2, 0) is 6.42 Å². The van der Waals surface area contributed by atoms with Crippen molar-refractivity contribution in [3.05, 3.63) is 11.0 Å². The van der Waals surface area contributed by atoms with Gasteiger partial charge in [-0.25, -0.2) is 9.97 Å². The summed E-state index contributed by atoms with van der Waals surface area (Å²) in [6.45, 7) is 4.10. The van der Waals surface area contributed by atoms with Gasteiger partial charge in [0.2, 0.25) is 0 Å². The summed E-state index contributed by atoms with van der Waals surface area (Å²) in [7, 11) is 0. The van der Waals surface area contributed by atoms with Crippen LogP contribution < -0.4 is 11.1 Å². The predicted molar refractivity (Wildman–Crippen MR) is 65.6 cm³/mol. The van der Waals surface area contributed by atoms with Gasteiger partial charge in [-0.05, 0) is 13.3 Å². The molecule has 0 fully saturated rings. The molecule has 1 aromatic heterocycles. The first-order chi connectivity index (χ1) is 7.54. The smallest absolute Gasteiger partial charge is 0.157 e. The van der Waals surface area contributed by atoms with E-state index in [1.807, 2.05) is 6.92 Å². The molecule has 1 unspecified atom stereocenters. The topological polar surface area (TPSA) is 84.1 Å². The van der Waals surface area contributed by atoms with E-state index in [1.54, 1.807) is 6.92 Å². The highest BCUT2D eigenvalue weighted by Gasteiger charge is 2.10. The Morgan fingerprint density at radius 2 is 2.19 bits per heavy atom. The molecular weight excluding hydrogens is 228 g/mol. The van der Waals surface area contributed by atoms with Crippen molar-refractivity contribution in [2.24, 2.45) is 0 Å². The Labute approximate surface area is 100 Å². The molecule has 6 heteroatoms. The van der Waals surface area contributed by atoms with E-state index in [0.717, 1.165) is 12.8 Å². The number of hydrogen-bond acceptors (Lipinski definition) is 5. The molecule has 0 aliphatic heterocycles. The van der Waals surface area contributed by atoms with Gasteiger partial charge in [0.25, 0.3) is 0 Å². The molecule has 5 nitrogen and oxygen atoms in total. The molecule has 0 saturated carbocycles. The molecule has 1 atom stereocenters. The van der Waals surface area contributed by atoms with E-state index < -0.39 is 6.10 Å². The van der Waals surface area contributed by atoms with Crippen molar-refractivity contribution in [1.82, 2.24) is 9.97 Å². The average molecular weight is 245 g/mol. The molecule has 1 aromatic rings. The fourth-order valence-electron chi connectivity index (χ4n) is 1.20. The number of aliphatic hydroxyl groups is 1. The van der Waals surface area contributed by atoms with Gasteiger partial charge in [-0.1, -0.05) is 18.5 Å². The molecule has 90 valence electrons.